The van der Waals surface area contributed by atoms with Crippen LogP contribution < -0.4 is 5.32 Å². The van der Waals surface area contributed by atoms with E-state index >= 15 is 0 Å². The maximum atomic E-state index is 12.7. The van der Waals surface area contributed by atoms with Gasteiger partial charge >= 0.3 is 0 Å². The van der Waals surface area contributed by atoms with Gasteiger partial charge in [0.2, 0.25) is 0 Å². The van der Waals surface area contributed by atoms with Crippen molar-refractivity contribution < 1.29 is 9.53 Å². The average Bonchev–Trinajstić information content (AvgIpc) is 2.55. The monoisotopic (exact) mass is 360 g/mol. The van der Waals surface area contributed by atoms with E-state index in [0.29, 0.717) is 18.2 Å². The first-order chi connectivity index (χ1) is 10.6. The quantitative estimate of drug-likeness (QED) is 0.790. The second-order valence-electron chi connectivity index (χ2n) is 5.64. The Labute approximate surface area is 149 Å². The lowest BCUT2D eigenvalue weighted by molar-refractivity contribution is -0.146. The molecule has 1 aromatic rings. The number of hydrogen-bond acceptors (Lipinski definition) is 3. The standard InChI is InChI=1S/C17H25ClN2O2.ClH/c1-3-4-11-22-13(2)17(21)20-10-9-19-12-16(20)14-7-5-6-8-15(14)18;/h5-8,13,16,19H,3-4,9-12H2,1-2H3;1H. The first kappa shape index (κ1) is 20.2. The van der Waals surface area contributed by atoms with Crippen LogP contribution >= 0.6 is 24.0 Å². The summed E-state index contributed by atoms with van der Waals surface area (Å²) in [4.78, 5) is 14.6. The van der Waals surface area contributed by atoms with E-state index in [0.717, 1.165) is 31.5 Å². The van der Waals surface area contributed by atoms with Gasteiger partial charge in [-0.1, -0.05) is 43.1 Å². The highest BCUT2D eigenvalue weighted by Gasteiger charge is 2.31. The van der Waals surface area contributed by atoms with Crippen molar-refractivity contribution in [2.45, 2.75) is 38.8 Å². The summed E-state index contributed by atoms with van der Waals surface area (Å²) < 4.78 is 5.67. The molecule has 2 unspecified atom stereocenters. The number of ether oxygens (including phenoxy) is 1. The summed E-state index contributed by atoms with van der Waals surface area (Å²) in [7, 11) is 0. The van der Waals surface area contributed by atoms with Crippen molar-refractivity contribution >= 4 is 29.9 Å². The third-order valence-electron chi connectivity index (χ3n) is 4.00. The number of benzene rings is 1. The van der Waals surface area contributed by atoms with Gasteiger partial charge in [-0.25, -0.2) is 0 Å². The number of rotatable bonds is 6. The summed E-state index contributed by atoms with van der Waals surface area (Å²) in [5.74, 6) is 0.0440. The molecule has 1 aliphatic heterocycles. The predicted octanol–water partition coefficient (Wildman–Crippen LogP) is 3.44. The molecule has 1 amide bonds. The Morgan fingerprint density at radius 3 is 2.91 bits per heavy atom. The molecule has 0 aliphatic carbocycles. The number of hydrogen-bond donors (Lipinski definition) is 1. The molecule has 0 bridgehead atoms. The third kappa shape index (κ3) is 5.35. The second kappa shape index (κ2) is 10.1. The third-order valence-corrected chi connectivity index (χ3v) is 4.35. The normalized spacial score (nSPS) is 19.1. The Hall–Kier alpha value is -0.810. The molecule has 1 saturated heterocycles. The van der Waals surface area contributed by atoms with E-state index in [1.165, 1.54) is 0 Å². The van der Waals surface area contributed by atoms with E-state index < -0.39 is 6.10 Å². The molecule has 130 valence electrons. The molecule has 0 aromatic heterocycles. The number of amides is 1. The van der Waals surface area contributed by atoms with Gasteiger partial charge in [0.15, 0.2) is 0 Å². The molecule has 1 fully saturated rings. The molecule has 0 radical (unpaired) electrons. The molecular formula is C17H26Cl2N2O2. The van der Waals surface area contributed by atoms with Crippen molar-refractivity contribution in [2.75, 3.05) is 26.2 Å². The summed E-state index contributed by atoms with van der Waals surface area (Å²) in [5, 5.41) is 4.05. The lowest BCUT2D eigenvalue weighted by Gasteiger charge is -2.38. The van der Waals surface area contributed by atoms with E-state index in [1.807, 2.05) is 36.1 Å². The van der Waals surface area contributed by atoms with Crippen LogP contribution in [0.15, 0.2) is 24.3 Å². The van der Waals surface area contributed by atoms with Crippen LogP contribution in [0.1, 0.15) is 38.3 Å². The number of carbonyl (C=O) groups is 1. The summed E-state index contributed by atoms with van der Waals surface area (Å²) in [6, 6.07) is 7.69. The zero-order chi connectivity index (χ0) is 15.9. The average molecular weight is 361 g/mol. The Morgan fingerprint density at radius 1 is 1.48 bits per heavy atom. The van der Waals surface area contributed by atoms with Crippen LogP contribution in [0.25, 0.3) is 0 Å². The number of unbranched alkanes of at least 4 members (excludes halogenated alkanes) is 1. The molecule has 1 N–H and O–H groups in total. The molecule has 2 atom stereocenters. The Morgan fingerprint density at radius 2 is 2.22 bits per heavy atom. The van der Waals surface area contributed by atoms with Crippen LogP contribution in [-0.2, 0) is 9.53 Å². The van der Waals surface area contributed by atoms with Gasteiger partial charge in [0.25, 0.3) is 5.91 Å². The summed E-state index contributed by atoms with van der Waals surface area (Å²) >= 11 is 6.31. The smallest absolute Gasteiger partial charge is 0.252 e. The van der Waals surface area contributed by atoms with Gasteiger partial charge < -0.3 is 15.0 Å². The first-order valence-corrected chi connectivity index (χ1v) is 8.40. The largest absolute Gasteiger partial charge is 0.369 e. The van der Waals surface area contributed by atoms with Crippen molar-refractivity contribution in [3.05, 3.63) is 34.9 Å². The number of nitrogens with zero attached hydrogens (tertiary/aromatic N) is 1. The lowest BCUT2D eigenvalue weighted by atomic mass is 10.0. The minimum absolute atomic E-state index is 0. The van der Waals surface area contributed by atoms with Crippen LogP contribution in [0, 0.1) is 0 Å². The molecule has 0 saturated carbocycles. The van der Waals surface area contributed by atoms with E-state index in [9.17, 15) is 4.79 Å². The fraction of sp³-hybridized carbons (Fsp3) is 0.588. The Balaban J connectivity index is 0.00000264. The van der Waals surface area contributed by atoms with Crippen LogP contribution in [0.2, 0.25) is 5.02 Å². The van der Waals surface area contributed by atoms with Crippen LogP contribution in [0.4, 0.5) is 0 Å². The number of nitrogens with one attached hydrogen (secondary N) is 1. The summed E-state index contributed by atoms with van der Waals surface area (Å²) in [6.45, 7) is 6.78. The second-order valence-corrected chi connectivity index (χ2v) is 6.05. The number of halogens is 2. The molecule has 0 spiro atoms. The van der Waals surface area contributed by atoms with Gasteiger partial charge in [0.1, 0.15) is 6.10 Å². The lowest BCUT2D eigenvalue weighted by Crippen LogP contribution is -2.51. The molecule has 23 heavy (non-hydrogen) atoms. The minimum atomic E-state index is -0.408. The summed E-state index contributed by atoms with van der Waals surface area (Å²) in [6.07, 6.45) is 1.64. The molecule has 6 heteroatoms. The molecular weight excluding hydrogens is 335 g/mol. The maximum absolute atomic E-state index is 12.7. The van der Waals surface area contributed by atoms with Gasteiger partial charge in [0, 0.05) is 31.3 Å². The number of carbonyl (C=O) groups excluding carboxylic acids is 1. The SMILES string of the molecule is CCCCOC(C)C(=O)N1CCNCC1c1ccccc1Cl.Cl. The van der Waals surface area contributed by atoms with Crippen molar-refractivity contribution in [3.63, 3.8) is 0 Å². The first-order valence-electron chi connectivity index (χ1n) is 8.02. The highest BCUT2D eigenvalue weighted by molar-refractivity contribution is 6.31. The fourth-order valence-corrected chi connectivity index (χ4v) is 2.96. The molecule has 4 nitrogen and oxygen atoms in total. The summed E-state index contributed by atoms with van der Waals surface area (Å²) in [5.41, 5.74) is 0.991. The molecule has 1 aromatic carbocycles. The molecule has 2 rings (SSSR count). The Bertz CT molecular complexity index is 499. The van der Waals surface area contributed by atoms with E-state index in [1.54, 1.807) is 0 Å². The van der Waals surface area contributed by atoms with Gasteiger partial charge in [-0.15, -0.1) is 12.4 Å². The fourth-order valence-electron chi connectivity index (χ4n) is 2.70. The van der Waals surface area contributed by atoms with E-state index in [4.69, 9.17) is 16.3 Å². The van der Waals surface area contributed by atoms with Crippen molar-refractivity contribution in [1.29, 1.82) is 0 Å². The Kier molecular flexibility index (Phi) is 8.92. The predicted molar refractivity (Wildman–Crippen MR) is 96.3 cm³/mol. The van der Waals surface area contributed by atoms with Crippen LogP contribution in [-0.4, -0.2) is 43.2 Å². The molecule has 1 aliphatic rings. The van der Waals surface area contributed by atoms with Crippen LogP contribution in [0.3, 0.4) is 0 Å². The van der Waals surface area contributed by atoms with E-state index in [-0.39, 0.29) is 24.4 Å². The topological polar surface area (TPSA) is 41.6 Å². The van der Waals surface area contributed by atoms with Crippen molar-refractivity contribution in [1.82, 2.24) is 10.2 Å². The zero-order valence-electron chi connectivity index (χ0n) is 13.8. The highest BCUT2D eigenvalue weighted by Crippen LogP contribution is 2.29. The van der Waals surface area contributed by atoms with Crippen molar-refractivity contribution in [2.24, 2.45) is 0 Å². The van der Waals surface area contributed by atoms with Gasteiger partial charge in [-0.2, -0.15) is 0 Å². The van der Waals surface area contributed by atoms with E-state index in [2.05, 4.69) is 12.2 Å². The van der Waals surface area contributed by atoms with Gasteiger partial charge in [0.05, 0.1) is 6.04 Å². The highest BCUT2D eigenvalue weighted by atomic mass is 35.5. The molecule has 1 heterocycles. The maximum Gasteiger partial charge on any atom is 0.252 e. The van der Waals surface area contributed by atoms with Crippen molar-refractivity contribution in [3.8, 4) is 0 Å². The minimum Gasteiger partial charge on any atom is -0.369 e. The van der Waals surface area contributed by atoms with Crippen LogP contribution in [0.5, 0.6) is 0 Å². The number of piperazine rings is 1. The zero-order valence-corrected chi connectivity index (χ0v) is 15.3. The van der Waals surface area contributed by atoms with Gasteiger partial charge in [-0.3, -0.25) is 4.79 Å². The van der Waals surface area contributed by atoms with Gasteiger partial charge in [-0.05, 0) is 25.0 Å².